The van der Waals surface area contributed by atoms with E-state index in [1.807, 2.05) is 13.8 Å². The van der Waals surface area contributed by atoms with Crippen LogP contribution in [0.3, 0.4) is 0 Å². The Kier molecular flexibility index (Phi) is 8.27. The molecule has 0 radical (unpaired) electrons. The molecule has 0 aliphatic rings. The van der Waals surface area contributed by atoms with Crippen LogP contribution in [0.4, 0.5) is 20.6 Å². The van der Waals surface area contributed by atoms with Crippen molar-refractivity contribution in [3.05, 3.63) is 54.3 Å². The van der Waals surface area contributed by atoms with Crippen molar-refractivity contribution in [1.82, 2.24) is 0 Å². The molecule has 0 aromatic heterocycles. The molecule has 7 heteroatoms. The zero-order valence-electron chi connectivity index (χ0n) is 16.0. The SMILES string of the molecule is CC(C)COC(=O)Nc1cccc(NC(=O)CCCOc2cccc(F)c2)c1. The summed E-state index contributed by atoms with van der Waals surface area (Å²) in [5.74, 6) is 0.143. The quantitative estimate of drug-likeness (QED) is 0.604. The topological polar surface area (TPSA) is 76.7 Å². The summed E-state index contributed by atoms with van der Waals surface area (Å²) in [6.07, 6.45) is 0.206. The highest BCUT2D eigenvalue weighted by molar-refractivity contribution is 5.92. The molecule has 0 fully saturated rings. The van der Waals surface area contributed by atoms with Crippen LogP contribution in [0.15, 0.2) is 48.5 Å². The van der Waals surface area contributed by atoms with Crippen LogP contribution >= 0.6 is 0 Å². The van der Waals surface area contributed by atoms with Crippen LogP contribution in [0, 0.1) is 11.7 Å². The van der Waals surface area contributed by atoms with Gasteiger partial charge in [-0.15, -0.1) is 0 Å². The molecule has 0 heterocycles. The molecule has 0 spiro atoms. The van der Waals surface area contributed by atoms with Gasteiger partial charge < -0.3 is 14.8 Å². The minimum atomic E-state index is -0.535. The van der Waals surface area contributed by atoms with Gasteiger partial charge in [0.05, 0.1) is 13.2 Å². The summed E-state index contributed by atoms with van der Waals surface area (Å²) in [5.41, 5.74) is 1.10. The second-order valence-corrected chi connectivity index (χ2v) is 6.66. The molecule has 2 aromatic rings. The van der Waals surface area contributed by atoms with Crippen molar-refractivity contribution < 1.29 is 23.5 Å². The molecule has 0 saturated heterocycles. The van der Waals surface area contributed by atoms with Gasteiger partial charge in [-0.3, -0.25) is 10.1 Å². The lowest BCUT2D eigenvalue weighted by molar-refractivity contribution is -0.116. The number of ether oxygens (including phenoxy) is 2. The number of hydrogen-bond donors (Lipinski definition) is 2. The van der Waals surface area contributed by atoms with E-state index in [1.54, 1.807) is 36.4 Å². The molecule has 0 bridgehead atoms. The normalized spacial score (nSPS) is 10.4. The second kappa shape index (κ2) is 10.9. The molecule has 2 aromatic carbocycles. The standard InChI is InChI=1S/C21H25FN2O4/c1-15(2)14-28-21(26)24-18-8-4-7-17(13-18)23-20(25)10-5-11-27-19-9-3-6-16(22)12-19/h3-4,6-9,12-13,15H,5,10-11,14H2,1-2H3,(H,23,25)(H,24,26). The van der Waals surface area contributed by atoms with Crippen molar-refractivity contribution in [3.8, 4) is 5.75 Å². The summed E-state index contributed by atoms with van der Waals surface area (Å²) in [6, 6.07) is 12.7. The average Bonchev–Trinajstić information content (AvgIpc) is 2.64. The highest BCUT2D eigenvalue weighted by atomic mass is 19.1. The third-order valence-electron chi connectivity index (χ3n) is 3.55. The molecule has 2 amide bonds. The van der Waals surface area contributed by atoms with Crippen LogP contribution in [0.5, 0.6) is 5.75 Å². The number of halogens is 1. The largest absolute Gasteiger partial charge is 0.493 e. The zero-order valence-corrected chi connectivity index (χ0v) is 16.0. The Morgan fingerprint density at radius 3 is 2.46 bits per heavy atom. The molecule has 28 heavy (non-hydrogen) atoms. The number of carbonyl (C=O) groups is 2. The number of anilines is 2. The van der Waals surface area contributed by atoms with Gasteiger partial charge in [0.1, 0.15) is 11.6 Å². The van der Waals surface area contributed by atoms with Crippen LogP contribution in [-0.2, 0) is 9.53 Å². The zero-order chi connectivity index (χ0) is 20.4. The van der Waals surface area contributed by atoms with Crippen molar-refractivity contribution in [1.29, 1.82) is 0 Å². The van der Waals surface area contributed by atoms with Gasteiger partial charge in [-0.25, -0.2) is 9.18 Å². The van der Waals surface area contributed by atoms with Gasteiger partial charge in [-0.05, 0) is 42.7 Å². The van der Waals surface area contributed by atoms with Crippen molar-refractivity contribution >= 4 is 23.4 Å². The summed E-state index contributed by atoms with van der Waals surface area (Å²) in [4.78, 5) is 23.8. The Bertz CT molecular complexity index is 795. The first-order valence-corrected chi connectivity index (χ1v) is 9.14. The number of benzene rings is 2. The van der Waals surface area contributed by atoms with E-state index in [-0.39, 0.29) is 24.1 Å². The lowest BCUT2D eigenvalue weighted by Crippen LogP contribution is -2.17. The van der Waals surface area contributed by atoms with E-state index in [4.69, 9.17) is 9.47 Å². The van der Waals surface area contributed by atoms with Gasteiger partial charge in [0.25, 0.3) is 0 Å². The van der Waals surface area contributed by atoms with Crippen LogP contribution in [0.1, 0.15) is 26.7 Å². The molecule has 2 N–H and O–H groups in total. The van der Waals surface area contributed by atoms with E-state index in [0.29, 0.717) is 36.8 Å². The smallest absolute Gasteiger partial charge is 0.411 e. The monoisotopic (exact) mass is 388 g/mol. The minimum Gasteiger partial charge on any atom is -0.493 e. The maximum atomic E-state index is 13.1. The summed E-state index contributed by atoms with van der Waals surface area (Å²) >= 11 is 0. The highest BCUT2D eigenvalue weighted by Gasteiger charge is 2.07. The lowest BCUT2D eigenvalue weighted by Gasteiger charge is -2.10. The van der Waals surface area contributed by atoms with Crippen LogP contribution in [0.2, 0.25) is 0 Å². The Hall–Kier alpha value is -3.09. The fourth-order valence-corrected chi connectivity index (χ4v) is 2.27. The fraction of sp³-hybridized carbons (Fsp3) is 0.333. The van der Waals surface area contributed by atoms with Crippen molar-refractivity contribution in [2.45, 2.75) is 26.7 Å². The maximum Gasteiger partial charge on any atom is 0.411 e. The van der Waals surface area contributed by atoms with E-state index in [2.05, 4.69) is 10.6 Å². The number of hydrogen-bond acceptors (Lipinski definition) is 4. The molecule has 2 rings (SSSR count). The van der Waals surface area contributed by atoms with E-state index in [0.717, 1.165) is 0 Å². The Labute approximate surface area is 164 Å². The Morgan fingerprint density at radius 1 is 1.04 bits per heavy atom. The lowest BCUT2D eigenvalue weighted by atomic mass is 10.2. The summed E-state index contributed by atoms with van der Waals surface area (Å²) < 4.78 is 23.5. The predicted octanol–water partition coefficient (Wildman–Crippen LogP) is 4.83. The first-order chi connectivity index (χ1) is 13.4. The van der Waals surface area contributed by atoms with E-state index < -0.39 is 6.09 Å². The second-order valence-electron chi connectivity index (χ2n) is 6.66. The number of carbonyl (C=O) groups excluding carboxylic acids is 2. The number of amides is 2. The van der Waals surface area contributed by atoms with Gasteiger partial charge in [0, 0.05) is 23.9 Å². The fourth-order valence-electron chi connectivity index (χ4n) is 2.27. The van der Waals surface area contributed by atoms with Gasteiger partial charge in [0.2, 0.25) is 5.91 Å². The summed E-state index contributed by atoms with van der Waals surface area (Å²) in [6.45, 7) is 4.54. The molecule has 0 atom stereocenters. The van der Waals surface area contributed by atoms with Crippen molar-refractivity contribution in [2.75, 3.05) is 23.8 Å². The molecule has 0 unspecified atom stereocenters. The number of rotatable bonds is 9. The summed E-state index contributed by atoms with van der Waals surface area (Å²) in [5, 5.41) is 5.39. The Balaban J connectivity index is 1.73. The molecule has 0 aliphatic heterocycles. The Morgan fingerprint density at radius 2 is 1.75 bits per heavy atom. The molecular formula is C21H25FN2O4. The van der Waals surface area contributed by atoms with Gasteiger partial charge in [-0.2, -0.15) is 0 Å². The van der Waals surface area contributed by atoms with Crippen LogP contribution in [0.25, 0.3) is 0 Å². The minimum absolute atomic E-state index is 0.178. The first-order valence-electron chi connectivity index (χ1n) is 9.14. The van der Waals surface area contributed by atoms with Crippen molar-refractivity contribution in [3.63, 3.8) is 0 Å². The molecule has 6 nitrogen and oxygen atoms in total. The average molecular weight is 388 g/mol. The third-order valence-corrected chi connectivity index (χ3v) is 3.55. The third kappa shape index (κ3) is 8.07. The summed E-state index contributed by atoms with van der Waals surface area (Å²) in [7, 11) is 0. The van der Waals surface area contributed by atoms with Gasteiger partial charge in [-0.1, -0.05) is 26.0 Å². The predicted molar refractivity (Wildman–Crippen MR) is 106 cm³/mol. The van der Waals surface area contributed by atoms with Gasteiger partial charge >= 0.3 is 6.09 Å². The van der Waals surface area contributed by atoms with Crippen molar-refractivity contribution in [2.24, 2.45) is 5.92 Å². The molecule has 150 valence electrons. The molecule has 0 saturated carbocycles. The first kappa shape index (κ1) is 21.2. The van der Waals surface area contributed by atoms with Gasteiger partial charge in [0.15, 0.2) is 0 Å². The van der Waals surface area contributed by atoms with Crippen LogP contribution in [-0.4, -0.2) is 25.2 Å². The maximum absolute atomic E-state index is 13.1. The van der Waals surface area contributed by atoms with Crippen LogP contribution < -0.4 is 15.4 Å². The van der Waals surface area contributed by atoms with E-state index in [9.17, 15) is 14.0 Å². The highest BCUT2D eigenvalue weighted by Crippen LogP contribution is 2.16. The molecule has 0 aliphatic carbocycles. The van der Waals surface area contributed by atoms with E-state index >= 15 is 0 Å². The number of nitrogens with one attached hydrogen (secondary N) is 2. The molecular weight excluding hydrogens is 363 g/mol. The van der Waals surface area contributed by atoms with E-state index in [1.165, 1.54) is 12.1 Å².